The van der Waals surface area contributed by atoms with Gasteiger partial charge in [-0.1, -0.05) is 24.3 Å². The van der Waals surface area contributed by atoms with Crippen LogP contribution in [0.25, 0.3) is 0 Å². The second-order valence-electron chi connectivity index (χ2n) is 4.82. The van der Waals surface area contributed by atoms with Crippen molar-refractivity contribution in [3.05, 3.63) is 59.4 Å². The molecule has 0 aliphatic rings. The van der Waals surface area contributed by atoms with Crippen LogP contribution in [0, 0.1) is 12.7 Å². The van der Waals surface area contributed by atoms with Crippen LogP contribution in [0.1, 0.15) is 17.5 Å². The summed E-state index contributed by atoms with van der Waals surface area (Å²) < 4.78 is 18.4. The number of anilines is 1. The molecule has 0 aromatic heterocycles. The molecule has 0 atom stereocenters. The first-order chi connectivity index (χ1) is 10.1. The minimum atomic E-state index is -0.361. The van der Waals surface area contributed by atoms with E-state index in [0.29, 0.717) is 18.5 Å². The molecule has 4 heteroatoms. The topological polar surface area (TPSA) is 38.3 Å². The van der Waals surface area contributed by atoms with Crippen LogP contribution in [-0.4, -0.2) is 13.0 Å². The summed E-state index contributed by atoms with van der Waals surface area (Å²) in [5, 5.41) is 2.74. The Morgan fingerprint density at radius 1 is 1.24 bits per heavy atom. The molecule has 1 amide bonds. The summed E-state index contributed by atoms with van der Waals surface area (Å²) in [7, 11) is 1.61. The number of aryl methyl sites for hydroxylation is 2. The minimum absolute atomic E-state index is 0.144. The zero-order chi connectivity index (χ0) is 15.2. The Hall–Kier alpha value is -2.36. The Kier molecular flexibility index (Phi) is 4.93. The molecule has 2 aromatic rings. The van der Waals surface area contributed by atoms with Crippen molar-refractivity contribution in [1.29, 1.82) is 0 Å². The van der Waals surface area contributed by atoms with Crippen LogP contribution >= 0.6 is 0 Å². The van der Waals surface area contributed by atoms with E-state index < -0.39 is 0 Å². The third-order valence-corrected chi connectivity index (χ3v) is 3.29. The Morgan fingerprint density at radius 3 is 2.76 bits per heavy atom. The van der Waals surface area contributed by atoms with Crippen LogP contribution in [0.3, 0.4) is 0 Å². The molecule has 0 saturated heterocycles. The molecule has 0 radical (unpaired) electrons. The SMILES string of the molecule is COc1ccccc1CCC(=O)Nc1cc(F)ccc1C. The van der Waals surface area contributed by atoms with E-state index in [1.165, 1.54) is 12.1 Å². The van der Waals surface area contributed by atoms with Crippen LogP contribution in [0.2, 0.25) is 0 Å². The second kappa shape index (κ2) is 6.88. The van der Waals surface area contributed by atoms with E-state index in [0.717, 1.165) is 16.9 Å². The quantitative estimate of drug-likeness (QED) is 0.910. The average Bonchev–Trinajstić information content (AvgIpc) is 2.49. The number of carbonyl (C=O) groups excluding carboxylic acids is 1. The number of methoxy groups -OCH3 is 1. The van der Waals surface area contributed by atoms with Crippen molar-refractivity contribution in [3.63, 3.8) is 0 Å². The number of halogens is 1. The van der Waals surface area contributed by atoms with Crippen LogP contribution in [0.4, 0.5) is 10.1 Å². The molecule has 0 fully saturated rings. The number of carbonyl (C=O) groups is 1. The number of nitrogens with one attached hydrogen (secondary N) is 1. The van der Waals surface area contributed by atoms with E-state index in [-0.39, 0.29) is 11.7 Å². The lowest BCUT2D eigenvalue weighted by Crippen LogP contribution is -2.13. The summed E-state index contributed by atoms with van der Waals surface area (Å²) in [6.45, 7) is 1.83. The van der Waals surface area contributed by atoms with Crippen molar-refractivity contribution in [2.45, 2.75) is 19.8 Å². The minimum Gasteiger partial charge on any atom is -0.496 e. The van der Waals surface area contributed by atoms with Gasteiger partial charge in [0.05, 0.1) is 7.11 Å². The maximum atomic E-state index is 13.2. The molecule has 0 aliphatic heterocycles. The molecule has 0 bridgehead atoms. The molecule has 0 heterocycles. The van der Waals surface area contributed by atoms with Crippen LogP contribution in [0.15, 0.2) is 42.5 Å². The third-order valence-electron chi connectivity index (χ3n) is 3.29. The molecule has 1 N–H and O–H groups in total. The highest BCUT2D eigenvalue weighted by Gasteiger charge is 2.08. The molecular formula is C17H18FNO2. The molecule has 21 heavy (non-hydrogen) atoms. The van der Waals surface area contributed by atoms with Gasteiger partial charge < -0.3 is 10.1 Å². The lowest BCUT2D eigenvalue weighted by molar-refractivity contribution is -0.116. The highest BCUT2D eigenvalue weighted by atomic mass is 19.1. The van der Waals surface area contributed by atoms with Crippen molar-refractivity contribution in [1.82, 2.24) is 0 Å². The Morgan fingerprint density at radius 2 is 2.00 bits per heavy atom. The lowest BCUT2D eigenvalue weighted by atomic mass is 10.1. The standard InChI is InChI=1S/C17H18FNO2/c1-12-7-9-14(18)11-15(12)19-17(20)10-8-13-5-3-4-6-16(13)21-2/h3-7,9,11H,8,10H2,1-2H3,(H,19,20). The highest BCUT2D eigenvalue weighted by molar-refractivity contribution is 5.91. The van der Waals surface area contributed by atoms with Gasteiger partial charge in [0, 0.05) is 12.1 Å². The largest absolute Gasteiger partial charge is 0.496 e. The summed E-state index contributed by atoms with van der Waals surface area (Å²) in [6.07, 6.45) is 0.889. The second-order valence-corrected chi connectivity index (χ2v) is 4.82. The first kappa shape index (κ1) is 15.0. The predicted octanol–water partition coefficient (Wildman–Crippen LogP) is 3.71. The molecule has 0 aliphatic carbocycles. The van der Waals surface area contributed by atoms with Crippen LogP contribution in [-0.2, 0) is 11.2 Å². The van der Waals surface area contributed by atoms with Crippen molar-refractivity contribution in [2.75, 3.05) is 12.4 Å². The number of hydrogen-bond acceptors (Lipinski definition) is 2. The predicted molar refractivity (Wildman–Crippen MR) is 81.1 cm³/mol. The number of hydrogen-bond donors (Lipinski definition) is 1. The average molecular weight is 287 g/mol. The van der Waals surface area contributed by atoms with E-state index in [1.807, 2.05) is 31.2 Å². The number of amides is 1. The molecule has 110 valence electrons. The summed E-state index contributed by atoms with van der Waals surface area (Å²) in [4.78, 5) is 12.0. The van der Waals surface area contributed by atoms with Crippen molar-refractivity contribution < 1.29 is 13.9 Å². The molecule has 0 saturated carbocycles. The van der Waals surface area contributed by atoms with Crippen molar-refractivity contribution in [2.24, 2.45) is 0 Å². The Labute approximate surface area is 123 Å². The summed E-state index contributed by atoms with van der Waals surface area (Å²) in [6, 6.07) is 11.9. The van der Waals surface area contributed by atoms with Gasteiger partial charge in [0.1, 0.15) is 11.6 Å². The van der Waals surface area contributed by atoms with E-state index >= 15 is 0 Å². The fourth-order valence-electron chi connectivity index (χ4n) is 2.10. The van der Waals surface area contributed by atoms with Crippen molar-refractivity contribution >= 4 is 11.6 Å². The lowest BCUT2D eigenvalue weighted by Gasteiger charge is -2.10. The number of rotatable bonds is 5. The van der Waals surface area contributed by atoms with Crippen molar-refractivity contribution in [3.8, 4) is 5.75 Å². The maximum Gasteiger partial charge on any atom is 0.224 e. The van der Waals surface area contributed by atoms with Gasteiger partial charge in [0.25, 0.3) is 0 Å². The van der Waals surface area contributed by atoms with Gasteiger partial charge in [-0.25, -0.2) is 4.39 Å². The molecule has 3 nitrogen and oxygen atoms in total. The number of para-hydroxylation sites is 1. The monoisotopic (exact) mass is 287 g/mol. The Bertz CT molecular complexity index is 640. The van der Waals surface area contributed by atoms with Gasteiger partial charge in [0.2, 0.25) is 5.91 Å². The fourth-order valence-corrected chi connectivity index (χ4v) is 2.10. The molecule has 2 aromatic carbocycles. The van der Waals surface area contributed by atoms with Gasteiger partial charge in [0.15, 0.2) is 0 Å². The van der Waals surface area contributed by atoms with Gasteiger partial charge in [-0.2, -0.15) is 0 Å². The van der Waals surface area contributed by atoms with E-state index in [2.05, 4.69) is 5.32 Å². The first-order valence-corrected chi connectivity index (χ1v) is 6.78. The van der Waals surface area contributed by atoms with Gasteiger partial charge in [-0.3, -0.25) is 4.79 Å². The molecule has 2 rings (SSSR count). The summed E-state index contributed by atoms with van der Waals surface area (Å²) >= 11 is 0. The molecule has 0 unspecified atom stereocenters. The van der Waals surface area contributed by atoms with E-state index in [1.54, 1.807) is 13.2 Å². The first-order valence-electron chi connectivity index (χ1n) is 6.78. The van der Waals surface area contributed by atoms with Crippen LogP contribution < -0.4 is 10.1 Å². The molecule has 0 spiro atoms. The fraction of sp³-hybridized carbons (Fsp3) is 0.235. The van der Waals surface area contributed by atoms with Crippen LogP contribution in [0.5, 0.6) is 5.75 Å². The zero-order valence-electron chi connectivity index (χ0n) is 12.2. The molecular weight excluding hydrogens is 269 g/mol. The summed E-state index contributed by atoms with van der Waals surface area (Å²) in [5.74, 6) is 0.266. The smallest absolute Gasteiger partial charge is 0.224 e. The van der Waals surface area contributed by atoms with E-state index in [9.17, 15) is 9.18 Å². The highest BCUT2D eigenvalue weighted by Crippen LogP contribution is 2.20. The third kappa shape index (κ3) is 4.05. The van der Waals surface area contributed by atoms with Gasteiger partial charge in [-0.05, 0) is 42.7 Å². The zero-order valence-corrected chi connectivity index (χ0v) is 12.2. The van der Waals surface area contributed by atoms with Gasteiger partial charge >= 0.3 is 0 Å². The van der Waals surface area contributed by atoms with Gasteiger partial charge in [-0.15, -0.1) is 0 Å². The normalized spacial score (nSPS) is 10.2. The number of ether oxygens (including phenoxy) is 1. The maximum absolute atomic E-state index is 13.2. The number of benzene rings is 2. The summed E-state index contributed by atoms with van der Waals surface area (Å²) in [5.41, 5.74) is 2.33. The Balaban J connectivity index is 1.97. The van der Waals surface area contributed by atoms with E-state index in [4.69, 9.17) is 4.74 Å².